The number of carboxylic acids is 1. The number of para-hydroxylation sites is 2. The summed E-state index contributed by atoms with van der Waals surface area (Å²) in [6.07, 6.45) is 0.367. The summed E-state index contributed by atoms with van der Waals surface area (Å²) in [5.41, 5.74) is 2.27. The average molecular weight is 443 g/mol. The number of carbonyl (C=O) groups excluding carboxylic acids is 1. The van der Waals surface area contributed by atoms with Crippen molar-refractivity contribution in [1.29, 1.82) is 0 Å². The fourth-order valence-corrected chi connectivity index (χ4v) is 3.91. The van der Waals surface area contributed by atoms with Crippen molar-refractivity contribution >= 4 is 17.7 Å². The van der Waals surface area contributed by atoms with Crippen LogP contribution in [0.1, 0.15) is 44.4 Å². The van der Waals surface area contributed by atoms with E-state index in [0.717, 1.165) is 11.1 Å². The predicted molar refractivity (Wildman–Crippen MR) is 121 cm³/mol. The number of nitrogens with zero attached hydrogens (tertiary/aromatic N) is 1. The van der Waals surface area contributed by atoms with Crippen LogP contribution in [0.5, 0.6) is 17.2 Å². The molecule has 0 bridgehead atoms. The molecule has 0 fully saturated rings. The van der Waals surface area contributed by atoms with Gasteiger partial charge >= 0.3 is 12.0 Å². The Morgan fingerprint density at radius 3 is 2.28 bits per heavy atom. The number of nitrogens with one attached hydrogen (secondary N) is 1. The highest BCUT2D eigenvalue weighted by Gasteiger charge is 2.34. The van der Waals surface area contributed by atoms with E-state index in [1.807, 2.05) is 45.0 Å². The lowest BCUT2D eigenvalue weighted by Gasteiger charge is -2.37. The fraction of sp³-hybridized carbons (Fsp3) is 0.417. The zero-order valence-corrected chi connectivity index (χ0v) is 18.7. The second-order valence-electron chi connectivity index (χ2n) is 7.28. The summed E-state index contributed by atoms with van der Waals surface area (Å²) >= 11 is 0. The number of aliphatic carboxylic acids is 1. The summed E-state index contributed by atoms with van der Waals surface area (Å²) in [4.78, 5) is 26.5. The second-order valence-corrected chi connectivity index (χ2v) is 7.28. The Hall–Kier alpha value is -3.42. The van der Waals surface area contributed by atoms with E-state index in [9.17, 15) is 14.7 Å². The van der Waals surface area contributed by atoms with Gasteiger partial charge in [0.25, 0.3) is 0 Å². The first kappa shape index (κ1) is 23.2. The van der Waals surface area contributed by atoms with Crippen molar-refractivity contribution in [2.24, 2.45) is 0 Å². The lowest BCUT2D eigenvalue weighted by Crippen LogP contribution is -2.43. The van der Waals surface area contributed by atoms with E-state index in [-0.39, 0.29) is 12.5 Å². The number of fused-ring (bicyclic) bond motifs is 1. The highest BCUT2D eigenvalue weighted by molar-refractivity contribution is 5.91. The molecule has 1 aliphatic rings. The van der Waals surface area contributed by atoms with Gasteiger partial charge < -0.3 is 29.5 Å². The third-order valence-electron chi connectivity index (χ3n) is 5.22. The third-order valence-corrected chi connectivity index (χ3v) is 5.22. The number of amides is 2. The molecule has 2 amide bonds. The molecule has 2 aromatic carbocycles. The number of rotatable bonds is 9. The van der Waals surface area contributed by atoms with Gasteiger partial charge in [0.05, 0.1) is 38.0 Å². The molecule has 32 heavy (non-hydrogen) atoms. The maximum Gasteiger partial charge on any atom is 0.322 e. The van der Waals surface area contributed by atoms with E-state index in [2.05, 4.69) is 5.32 Å². The SMILES string of the molecule is CCOc1ccccc1NC(=O)N1CCc2cc(OCC)c(OCC)cc2C1CC(=O)O. The van der Waals surface area contributed by atoms with Crippen LogP contribution in [-0.4, -0.2) is 48.4 Å². The Morgan fingerprint density at radius 1 is 1.00 bits per heavy atom. The smallest absolute Gasteiger partial charge is 0.322 e. The maximum absolute atomic E-state index is 13.2. The van der Waals surface area contributed by atoms with E-state index in [4.69, 9.17) is 14.2 Å². The largest absolute Gasteiger partial charge is 0.492 e. The normalized spacial score (nSPS) is 15.0. The topological polar surface area (TPSA) is 97.3 Å². The molecule has 3 rings (SSSR count). The molecule has 1 atom stereocenters. The van der Waals surface area contributed by atoms with Crippen molar-refractivity contribution < 1.29 is 28.9 Å². The van der Waals surface area contributed by atoms with Crippen LogP contribution < -0.4 is 19.5 Å². The van der Waals surface area contributed by atoms with Gasteiger partial charge in [-0.3, -0.25) is 4.79 Å². The van der Waals surface area contributed by atoms with Gasteiger partial charge in [-0.2, -0.15) is 0 Å². The summed E-state index contributed by atoms with van der Waals surface area (Å²) in [5, 5.41) is 12.5. The van der Waals surface area contributed by atoms with Crippen LogP contribution in [0.2, 0.25) is 0 Å². The minimum Gasteiger partial charge on any atom is -0.492 e. The van der Waals surface area contributed by atoms with Crippen molar-refractivity contribution in [2.75, 3.05) is 31.7 Å². The van der Waals surface area contributed by atoms with E-state index >= 15 is 0 Å². The standard InChI is InChI=1S/C24H30N2O6/c1-4-30-20-10-8-7-9-18(20)25-24(29)26-12-11-16-13-21(31-5-2)22(32-6-3)14-17(16)19(26)15-23(27)28/h7-10,13-14,19H,4-6,11-12,15H2,1-3H3,(H,25,29)(H,27,28). The molecule has 172 valence electrons. The molecule has 0 saturated carbocycles. The Kier molecular flexibility index (Phi) is 7.81. The summed E-state index contributed by atoms with van der Waals surface area (Å²) in [7, 11) is 0. The van der Waals surface area contributed by atoms with Crippen LogP contribution in [0.25, 0.3) is 0 Å². The van der Waals surface area contributed by atoms with E-state index in [0.29, 0.717) is 55.7 Å². The van der Waals surface area contributed by atoms with Crippen LogP contribution in [0, 0.1) is 0 Å². The highest BCUT2D eigenvalue weighted by atomic mass is 16.5. The molecule has 1 aliphatic heterocycles. The molecule has 0 radical (unpaired) electrons. The summed E-state index contributed by atoms with van der Waals surface area (Å²) < 4.78 is 17.0. The lowest BCUT2D eigenvalue weighted by molar-refractivity contribution is -0.138. The van der Waals surface area contributed by atoms with Gasteiger partial charge in [-0.1, -0.05) is 12.1 Å². The number of carboxylic acid groups (broad SMARTS) is 1. The number of hydrogen-bond donors (Lipinski definition) is 2. The zero-order valence-electron chi connectivity index (χ0n) is 18.7. The molecule has 0 aromatic heterocycles. The quantitative estimate of drug-likeness (QED) is 0.594. The summed E-state index contributed by atoms with van der Waals surface area (Å²) in [6.45, 7) is 7.43. The van der Waals surface area contributed by atoms with Crippen LogP contribution in [-0.2, 0) is 11.2 Å². The van der Waals surface area contributed by atoms with Gasteiger partial charge in [-0.05, 0) is 62.6 Å². The van der Waals surface area contributed by atoms with E-state index in [1.54, 1.807) is 17.0 Å². The van der Waals surface area contributed by atoms with Crippen molar-refractivity contribution in [3.05, 3.63) is 47.5 Å². The molecule has 1 unspecified atom stereocenters. The molecule has 0 saturated heterocycles. The van der Waals surface area contributed by atoms with Crippen LogP contribution in [0.15, 0.2) is 36.4 Å². The van der Waals surface area contributed by atoms with Gasteiger partial charge in [-0.25, -0.2) is 4.79 Å². The van der Waals surface area contributed by atoms with Gasteiger partial charge in [0.15, 0.2) is 11.5 Å². The number of ether oxygens (including phenoxy) is 3. The van der Waals surface area contributed by atoms with Gasteiger partial charge in [0, 0.05) is 6.54 Å². The van der Waals surface area contributed by atoms with Gasteiger partial charge in [-0.15, -0.1) is 0 Å². The van der Waals surface area contributed by atoms with Crippen LogP contribution in [0.3, 0.4) is 0 Å². The number of benzene rings is 2. The molecule has 8 heteroatoms. The maximum atomic E-state index is 13.2. The minimum absolute atomic E-state index is 0.215. The van der Waals surface area contributed by atoms with Crippen molar-refractivity contribution in [2.45, 2.75) is 39.7 Å². The van der Waals surface area contributed by atoms with Crippen molar-refractivity contribution in [1.82, 2.24) is 4.90 Å². The zero-order chi connectivity index (χ0) is 23.1. The lowest BCUT2D eigenvalue weighted by atomic mass is 9.90. The van der Waals surface area contributed by atoms with Gasteiger partial charge in [0.1, 0.15) is 5.75 Å². The molecule has 2 aromatic rings. The molecule has 8 nitrogen and oxygen atoms in total. The minimum atomic E-state index is -0.984. The number of urea groups is 1. The van der Waals surface area contributed by atoms with E-state index in [1.165, 1.54) is 0 Å². The van der Waals surface area contributed by atoms with Crippen LogP contribution in [0.4, 0.5) is 10.5 Å². The Labute approximate surface area is 188 Å². The molecular formula is C24H30N2O6. The first-order chi connectivity index (χ1) is 15.5. The summed E-state index contributed by atoms with van der Waals surface area (Å²) in [5.74, 6) is 0.760. The number of carbonyl (C=O) groups is 2. The Bertz CT molecular complexity index is 962. The van der Waals surface area contributed by atoms with Crippen molar-refractivity contribution in [3.8, 4) is 17.2 Å². The summed E-state index contributed by atoms with van der Waals surface area (Å²) in [6, 6.07) is 9.88. The van der Waals surface area contributed by atoms with Gasteiger partial charge in [0.2, 0.25) is 0 Å². The number of hydrogen-bond acceptors (Lipinski definition) is 5. The van der Waals surface area contributed by atoms with Crippen molar-refractivity contribution in [3.63, 3.8) is 0 Å². The molecule has 0 spiro atoms. The second kappa shape index (κ2) is 10.7. The predicted octanol–water partition coefficient (Wildman–Crippen LogP) is 4.49. The Balaban J connectivity index is 1.94. The third kappa shape index (κ3) is 5.25. The Morgan fingerprint density at radius 2 is 1.62 bits per heavy atom. The highest BCUT2D eigenvalue weighted by Crippen LogP contribution is 2.40. The molecule has 1 heterocycles. The first-order valence-corrected chi connectivity index (χ1v) is 10.9. The molecule has 2 N–H and O–H groups in total. The molecule has 0 aliphatic carbocycles. The monoisotopic (exact) mass is 442 g/mol. The first-order valence-electron chi connectivity index (χ1n) is 10.9. The van der Waals surface area contributed by atoms with E-state index < -0.39 is 12.0 Å². The number of anilines is 1. The van der Waals surface area contributed by atoms with Crippen LogP contribution >= 0.6 is 0 Å². The molecular weight excluding hydrogens is 412 g/mol. The average Bonchev–Trinajstić information content (AvgIpc) is 2.76. The fourth-order valence-electron chi connectivity index (χ4n) is 3.91.